The lowest BCUT2D eigenvalue weighted by atomic mass is 10.0. The number of carbonyl (C=O) groups excluding carboxylic acids is 1. The fourth-order valence-corrected chi connectivity index (χ4v) is 3.28. The fraction of sp³-hybridized carbons (Fsp3) is 0.462. The van der Waals surface area contributed by atoms with E-state index in [0.717, 1.165) is 17.2 Å². The number of benzene rings is 1. The summed E-state index contributed by atoms with van der Waals surface area (Å²) in [6, 6.07) is 6.11. The van der Waals surface area contributed by atoms with E-state index in [9.17, 15) is 4.79 Å². The number of thioether (sulfide) groups is 1. The summed E-state index contributed by atoms with van der Waals surface area (Å²) in [5, 5.41) is 3.98. The molecule has 1 aromatic carbocycles. The molecule has 0 aliphatic carbocycles. The van der Waals surface area contributed by atoms with Crippen molar-refractivity contribution in [2.75, 3.05) is 18.9 Å². The van der Waals surface area contributed by atoms with Gasteiger partial charge in [-0.25, -0.2) is 0 Å². The first-order valence-electron chi connectivity index (χ1n) is 6.02. The lowest BCUT2D eigenvalue weighted by Crippen LogP contribution is -2.30. The Bertz CT molecular complexity index is 439. The molecule has 98 valence electrons. The van der Waals surface area contributed by atoms with Crippen LogP contribution in [0.15, 0.2) is 23.1 Å². The van der Waals surface area contributed by atoms with Gasteiger partial charge < -0.3 is 4.74 Å². The van der Waals surface area contributed by atoms with Crippen molar-refractivity contribution in [2.45, 2.75) is 24.3 Å². The molecule has 0 saturated heterocycles. The molecule has 1 aromatic rings. The Labute approximate surface area is 116 Å². The Kier molecular flexibility index (Phi) is 4.92. The Morgan fingerprint density at radius 3 is 3.22 bits per heavy atom. The highest BCUT2D eigenvalue weighted by atomic mass is 35.5. The maximum absolute atomic E-state index is 11.3. The molecule has 1 aliphatic heterocycles. The largest absolute Gasteiger partial charge is 0.465 e. The van der Waals surface area contributed by atoms with Crippen molar-refractivity contribution in [2.24, 2.45) is 0 Å². The lowest BCUT2D eigenvalue weighted by Gasteiger charge is -2.25. The van der Waals surface area contributed by atoms with Gasteiger partial charge in [-0.1, -0.05) is 11.6 Å². The molecule has 1 N–H and O–H groups in total. The van der Waals surface area contributed by atoms with Crippen LogP contribution >= 0.6 is 23.4 Å². The van der Waals surface area contributed by atoms with Crippen LogP contribution in [0.3, 0.4) is 0 Å². The molecule has 1 aliphatic rings. The zero-order chi connectivity index (χ0) is 13.0. The summed E-state index contributed by atoms with van der Waals surface area (Å²) in [6.07, 6.45) is 0.997. The minimum Gasteiger partial charge on any atom is -0.465 e. The summed E-state index contributed by atoms with van der Waals surface area (Å²) >= 11 is 7.86. The third-order valence-electron chi connectivity index (χ3n) is 2.81. The first kappa shape index (κ1) is 13.7. The van der Waals surface area contributed by atoms with Gasteiger partial charge in [0, 0.05) is 16.0 Å². The predicted molar refractivity (Wildman–Crippen MR) is 74.2 cm³/mol. The molecule has 0 aromatic heterocycles. The Morgan fingerprint density at radius 1 is 1.61 bits per heavy atom. The van der Waals surface area contributed by atoms with Gasteiger partial charge in [0.05, 0.1) is 13.2 Å². The van der Waals surface area contributed by atoms with Gasteiger partial charge in [0.25, 0.3) is 0 Å². The molecule has 0 spiro atoms. The summed E-state index contributed by atoms with van der Waals surface area (Å²) in [4.78, 5) is 12.6. The second kappa shape index (κ2) is 6.45. The number of hydrogen-bond donors (Lipinski definition) is 1. The van der Waals surface area contributed by atoms with E-state index in [1.165, 1.54) is 10.5 Å². The van der Waals surface area contributed by atoms with Crippen LogP contribution in [0.25, 0.3) is 0 Å². The van der Waals surface area contributed by atoms with Crippen molar-refractivity contribution in [1.29, 1.82) is 0 Å². The van der Waals surface area contributed by atoms with Crippen LogP contribution in [-0.2, 0) is 9.53 Å². The molecule has 1 atom stereocenters. The molecule has 18 heavy (non-hydrogen) atoms. The molecule has 1 unspecified atom stereocenters. The zero-order valence-corrected chi connectivity index (χ0v) is 11.8. The van der Waals surface area contributed by atoms with Gasteiger partial charge in [-0.3, -0.25) is 10.1 Å². The Balaban J connectivity index is 2.03. The molecule has 0 saturated carbocycles. The van der Waals surface area contributed by atoms with E-state index in [2.05, 4.69) is 5.32 Å². The maximum Gasteiger partial charge on any atom is 0.319 e. The van der Waals surface area contributed by atoms with Crippen molar-refractivity contribution in [3.63, 3.8) is 0 Å². The van der Waals surface area contributed by atoms with Gasteiger partial charge in [0.2, 0.25) is 0 Å². The highest BCUT2D eigenvalue weighted by molar-refractivity contribution is 7.99. The number of carbonyl (C=O) groups is 1. The number of fused-ring (bicyclic) bond motifs is 1. The zero-order valence-electron chi connectivity index (χ0n) is 10.2. The van der Waals surface area contributed by atoms with Gasteiger partial charge >= 0.3 is 5.97 Å². The van der Waals surface area contributed by atoms with E-state index in [-0.39, 0.29) is 18.6 Å². The summed E-state index contributed by atoms with van der Waals surface area (Å²) in [6.45, 7) is 2.47. The van der Waals surface area contributed by atoms with Crippen molar-refractivity contribution < 1.29 is 9.53 Å². The van der Waals surface area contributed by atoms with Crippen molar-refractivity contribution in [3.05, 3.63) is 28.8 Å². The summed E-state index contributed by atoms with van der Waals surface area (Å²) in [5.41, 5.74) is 1.18. The van der Waals surface area contributed by atoms with Crippen LogP contribution < -0.4 is 5.32 Å². The topological polar surface area (TPSA) is 38.3 Å². The van der Waals surface area contributed by atoms with Gasteiger partial charge in [0.15, 0.2) is 0 Å². The summed E-state index contributed by atoms with van der Waals surface area (Å²) in [7, 11) is 0. The molecular formula is C13H16ClNO2S. The van der Waals surface area contributed by atoms with Crippen molar-refractivity contribution in [1.82, 2.24) is 5.32 Å². The predicted octanol–water partition coefficient (Wildman–Crippen LogP) is 3.03. The molecule has 3 nitrogen and oxygen atoms in total. The molecule has 2 rings (SSSR count). The van der Waals surface area contributed by atoms with E-state index >= 15 is 0 Å². The van der Waals surface area contributed by atoms with E-state index < -0.39 is 0 Å². The monoisotopic (exact) mass is 285 g/mol. The average molecular weight is 286 g/mol. The number of halogens is 1. The van der Waals surface area contributed by atoms with Crippen LogP contribution in [0.2, 0.25) is 5.02 Å². The van der Waals surface area contributed by atoms with E-state index in [0.29, 0.717) is 6.61 Å². The fourth-order valence-electron chi connectivity index (χ4n) is 2.00. The minimum atomic E-state index is -0.209. The number of rotatable bonds is 4. The molecule has 5 heteroatoms. The molecular weight excluding hydrogens is 270 g/mol. The summed E-state index contributed by atoms with van der Waals surface area (Å²) in [5.74, 6) is 0.842. The third-order valence-corrected chi connectivity index (χ3v) is 4.17. The second-order valence-corrected chi connectivity index (χ2v) is 5.63. The highest BCUT2D eigenvalue weighted by Gasteiger charge is 2.21. The molecule has 0 amide bonds. The highest BCUT2D eigenvalue weighted by Crippen LogP contribution is 2.37. The number of nitrogens with one attached hydrogen (secondary N) is 1. The maximum atomic E-state index is 11.3. The third kappa shape index (κ3) is 3.40. The second-order valence-electron chi connectivity index (χ2n) is 4.06. The Morgan fingerprint density at radius 2 is 2.44 bits per heavy atom. The molecule has 0 radical (unpaired) electrons. The quantitative estimate of drug-likeness (QED) is 0.863. The number of hydrogen-bond acceptors (Lipinski definition) is 4. The van der Waals surface area contributed by atoms with Crippen LogP contribution in [0, 0.1) is 0 Å². The lowest BCUT2D eigenvalue weighted by molar-refractivity contribution is -0.142. The van der Waals surface area contributed by atoms with E-state index in [1.54, 1.807) is 0 Å². The minimum absolute atomic E-state index is 0.185. The molecule has 0 fully saturated rings. The first-order valence-corrected chi connectivity index (χ1v) is 7.38. The average Bonchev–Trinajstić information content (AvgIpc) is 2.36. The smallest absolute Gasteiger partial charge is 0.319 e. The van der Waals surface area contributed by atoms with E-state index in [1.807, 2.05) is 36.9 Å². The number of ether oxygens (including phenoxy) is 1. The van der Waals surface area contributed by atoms with Gasteiger partial charge in [-0.2, -0.15) is 0 Å². The van der Waals surface area contributed by atoms with Crippen molar-refractivity contribution in [3.8, 4) is 0 Å². The van der Waals surface area contributed by atoms with E-state index in [4.69, 9.17) is 16.3 Å². The SMILES string of the molecule is CCOC(=O)CNC1CCSc2ccc(Cl)cc21. The van der Waals surface area contributed by atoms with Crippen LogP contribution in [0.5, 0.6) is 0 Å². The standard InChI is InChI=1S/C13H16ClNO2S/c1-2-17-13(16)8-15-11-5-6-18-12-4-3-9(14)7-10(11)12/h3-4,7,11,15H,2,5-6,8H2,1H3. The number of esters is 1. The summed E-state index contributed by atoms with van der Waals surface area (Å²) < 4.78 is 4.91. The molecule has 1 heterocycles. The first-order chi connectivity index (χ1) is 8.70. The van der Waals surface area contributed by atoms with Crippen LogP contribution in [-0.4, -0.2) is 24.9 Å². The van der Waals surface area contributed by atoms with Gasteiger partial charge in [-0.05, 0) is 42.9 Å². The van der Waals surface area contributed by atoms with Crippen LogP contribution in [0.4, 0.5) is 0 Å². The van der Waals surface area contributed by atoms with Crippen molar-refractivity contribution >= 4 is 29.3 Å². The normalized spacial score (nSPS) is 18.2. The molecule has 0 bridgehead atoms. The van der Waals surface area contributed by atoms with Gasteiger partial charge in [-0.15, -0.1) is 11.8 Å². The Hall–Kier alpha value is -0.710. The van der Waals surface area contributed by atoms with Gasteiger partial charge in [0.1, 0.15) is 0 Å². The van der Waals surface area contributed by atoms with Crippen LogP contribution in [0.1, 0.15) is 24.9 Å².